The molecule has 2 aromatic carbocycles. The van der Waals surface area contributed by atoms with Gasteiger partial charge in [0.1, 0.15) is 23.7 Å². The van der Waals surface area contributed by atoms with Crippen molar-refractivity contribution >= 4 is 22.8 Å². The molecule has 0 radical (unpaired) electrons. The molecule has 1 aliphatic rings. The van der Waals surface area contributed by atoms with E-state index in [0.717, 1.165) is 35.6 Å². The van der Waals surface area contributed by atoms with Gasteiger partial charge in [0, 0.05) is 18.7 Å². The van der Waals surface area contributed by atoms with E-state index >= 15 is 0 Å². The van der Waals surface area contributed by atoms with Crippen LogP contribution in [0.1, 0.15) is 58.4 Å². The molecule has 0 spiro atoms. The molecule has 0 bridgehead atoms. The smallest absolute Gasteiger partial charge is 0.410 e. The predicted octanol–water partition coefficient (Wildman–Crippen LogP) is 6.52. The van der Waals surface area contributed by atoms with Crippen molar-refractivity contribution in [3.63, 3.8) is 0 Å². The van der Waals surface area contributed by atoms with Crippen molar-refractivity contribution in [3.05, 3.63) is 53.9 Å². The van der Waals surface area contributed by atoms with Crippen LogP contribution in [0.5, 0.6) is 0 Å². The molecule has 1 unspecified atom stereocenters. The second kappa shape index (κ2) is 10.7. The van der Waals surface area contributed by atoms with Crippen LogP contribution in [-0.4, -0.2) is 40.6 Å². The number of esters is 1. The number of piperidine rings is 1. The highest BCUT2D eigenvalue weighted by Gasteiger charge is 2.34. The SMILES string of the molecule is CCC(C(=O)OC(C)(C)C)C1CCN(C(=O)OCc2nc(-c3cccc4ccccc34)oc2C)CC1. The number of ether oxygens (including phenoxy) is 2. The van der Waals surface area contributed by atoms with Crippen LogP contribution in [0.2, 0.25) is 0 Å². The summed E-state index contributed by atoms with van der Waals surface area (Å²) >= 11 is 0. The number of rotatable bonds is 6. The molecule has 1 atom stereocenters. The average molecular weight is 493 g/mol. The van der Waals surface area contributed by atoms with Gasteiger partial charge in [-0.1, -0.05) is 43.3 Å². The molecule has 0 saturated carbocycles. The minimum absolute atomic E-state index is 0.0500. The van der Waals surface area contributed by atoms with Crippen LogP contribution in [0, 0.1) is 18.8 Å². The van der Waals surface area contributed by atoms with Crippen molar-refractivity contribution in [2.75, 3.05) is 13.1 Å². The fourth-order valence-corrected chi connectivity index (χ4v) is 4.86. The zero-order chi connectivity index (χ0) is 25.9. The highest BCUT2D eigenvalue weighted by molar-refractivity contribution is 5.94. The zero-order valence-corrected chi connectivity index (χ0v) is 21.9. The van der Waals surface area contributed by atoms with E-state index in [9.17, 15) is 9.59 Å². The van der Waals surface area contributed by atoms with Gasteiger partial charge in [0.2, 0.25) is 5.89 Å². The Kier molecular flexibility index (Phi) is 7.67. The molecule has 0 aliphatic carbocycles. The predicted molar refractivity (Wildman–Crippen MR) is 138 cm³/mol. The Bertz CT molecular complexity index is 1210. The van der Waals surface area contributed by atoms with Gasteiger partial charge in [-0.05, 0) is 69.7 Å². The van der Waals surface area contributed by atoms with Crippen molar-refractivity contribution in [2.24, 2.45) is 11.8 Å². The van der Waals surface area contributed by atoms with Crippen LogP contribution in [0.4, 0.5) is 4.79 Å². The first-order chi connectivity index (χ1) is 17.2. The molecule has 2 heterocycles. The van der Waals surface area contributed by atoms with Gasteiger partial charge in [-0.2, -0.15) is 0 Å². The van der Waals surface area contributed by atoms with Gasteiger partial charge in [-0.3, -0.25) is 4.79 Å². The number of carbonyl (C=O) groups is 2. The fourth-order valence-electron chi connectivity index (χ4n) is 4.86. The summed E-state index contributed by atoms with van der Waals surface area (Å²) in [7, 11) is 0. The van der Waals surface area contributed by atoms with E-state index in [4.69, 9.17) is 13.9 Å². The maximum absolute atomic E-state index is 12.8. The van der Waals surface area contributed by atoms with E-state index in [1.54, 1.807) is 4.90 Å². The lowest BCUT2D eigenvalue weighted by atomic mass is 9.82. The lowest BCUT2D eigenvalue weighted by Crippen LogP contribution is -2.42. The number of hydrogen-bond donors (Lipinski definition) is 0. The summed E-state index contributed by atoms with van der Waals surface area (Å²) in [6.45, 7) is 10.7. The molecule has 1 fully saturated rings. The molecule has 3 aromatic rings. The third-order valence-corrected chi connectivity index (χ3v) is 6.76. The maximum atomic E-state index is 12.8. The Morgan fingerprint density at radius 2 is 1.81 bits per heavy atom. The van der Waals surface area contributed by atoms with Gasteiger partial charge < -0.3 is 18.8 Å². The Hall–Kier alpha value is -3.35. The molecule has 0 N–H and O–H groups in total. The first-order valence-corrected chi connectivity index (χ1v) is 12.7. The summed E-state index contributed by atoms with van der Waals surface area (Å²) in [6, 6.07) is 14.1. The number of benzene rings is 2. The summed E-state index contributed by atoms with van der Waals surface area (Å²) in [4.78, 5) is 31.7. The molecule has 7 heteroatoms. The summed E-state index contributed by atoms with van der Waals surface area (Å²) in [5.41, 5.74) is 1.02. The van der Waals surface area contributed by atoms with E-state index in [2.05, 4.69) is 17.1 Å². The van der Waals surface area contributed by atoms with Crippen LogP contribution in [0.15, 0.2) is 46.9 Å². The molecule has 1 amide bonds. The van der Waals surface area contributed by atoms with Crippen LogP contribution in [0.3, 0.4) is 0 Å². The number of carbonyl (C=O) groups excluding carboxylic acids is 2. The molecule has 7 nitrogen and oxygen atoms in total. The topological polar surface area (TPSA) is 81.9 Å². The lowest BCUT2D eigenvalue weighted by molar-refractivity contribution is -0.162. The van der Waals surface area contributed by atoms with Gasteiger partial charge in [-0.15, -0.1) is 0 Å². The van der Waals surface area contributed by atoms with Gasteiger partial charge in [-0.25, -0.2) is 9.78 Å². The summed E-state index contributed by atoms with van der Waals surface area (Å²) in [5.74, 6) is 1.06. The Morgan fingerprint density at radius 1 is 1.11 bits per heavy atom. The second-order valence-electron chi connectivity index (χ2n) is 10.5. The molecule has 1 aromatic heterocycles. The van der Waals surface area contributed by atoms with Crippen LogP contribution < -0.4 is 0 Å². The number of nitrogens with zero attached hydrogens (tertiary/aromatic N) is 2. The Morgan fingerprint density at radius 3 is 2.50 bits per heavy atom. The lowest BCUT2D eigenvalue weighted by Gasteiger charge is -2.35. The number of amides is 1. The van der Waals surface area contributed by atoms with E-state index in [0.29, 0.717) is 30.4 Å². The minimum Gasteiger partial charge on any atom is -0.460 e. The largest absolute Gasteiger partial charge is 0.460 e. The van der Waals surface area contributed by atoms with Gasteiger partial charge in [0.05, 0.1) is 5.92 Å². The first-order valence-electron chi connectivity index (χ1n) is 12.7. The number of likely N-dealkylation sites (tertiary alicyclic amines) is 1. The Labute approximate surface area is 212 Å². The highest BCUT2D eigenvalue weighted by Crippen LogP contribution is 2.31. The third-order valence-electron chi connectivity index (χ3n) is 6.76. The second-order valence-corrected chi connectivity index (χ2v) is 10.5. The third kappa shape index (κ3) is 5.89. The van der Waals surface area contributed by atoms with Crippen LogP contribution in [0.25, 0.3) is 22.2 Å². The van der Waals surface area contributed by atoms with Gasteiger partial charge in [0.25, 0.3) is 0 Å². The molecule has 1 aliphatic heterocycles. The minimum atomic E-state index is -0.498. The first kappa shape index (κ1) is 25.7. The van der Waals surface area contributed by atoms with Gasteiger partial charge >= 0.3 is 12.1 Å². The Balaban J connectivity index is 1.34. The molecular weight excluding hydrogens is 456 g/mol. The summed E-state index contributed by atoms with van der Waals surface area (Å²) in [6.07, 6.45) is 1.87. The van der Waals surface area contributed by atoms with Crippen molar-refractivity contribution < 1.29 is 23.5 Å². The fraction of sp³-hybridized carbons (Fsp3) is 0.483. The molecular formula is C29H36N2O5. The quantitative estimate of drug-likeness (QED) is 0.364. The van der Waals surface area contributed by atoms with Crippen molar-refractivity contribution in [1.82, 2.24) is 9.88 Å². The normalized spacial score (nSPS) is 15.6. The van der Waals surface area contributed by atoms with Crippen LogP contribution in [-0.2, 0) is 20.9 Å². The van der Waals surface area contributed by atoms with Crippen molar-refractivity contribution in [3.8, 4) is 11.5 Å². The molecule has 1 saturated heterocycles. The summed E-state index contributed by atoms with van der Waals surface area (Å²) in [5, 5.41) is 2.17. The highest BCUT2D eigenvalue weighted by atomic mass is 16.6. The maximum Gasteiger partial charge on any atom is 0.410 e. The zero-order valence-electron chi connectivity index (χ0n) is 21.9. The molecule has 36 heavy (non-hydrogen) atoms. The number of fused-ring (bicyclic) bond motifs is 1. The number of hydrogen-bond acceptors (Lipinski definition) is 6. The van der Waals surface area contributed by atoms with E-state index in [1.165, 1.54) is 0 Å². The van der Waals surface area contributed by atoms with E-state index in [1.807, 2.05) is 65.0 Å². The molecule has 4 rings (SSSR count). The number of oxazole rings is 1. The summed E-state index contributed by atoms with van der Waals surface area (Å²) < 4.78 is 17.1. The van der Waals surface area contributed by atoms with Crippen LogP contribution >= 0.6 is 0 Å². The van der Waals surface area contributed by atoms with E-state index < -0.39 is 5.60 Å². The monoisotopic (exact) mass is 492 g/mol. The number of aryl methyl sites for hydroxylation is 1. The number of aromatic nitrogens is 1. The van der Waals surface area contributed by atoms with E-state index in [-0.39, 0.29) is 30.5 Å². The van der Waals surface area contributed by atoms with Gasteiger partial charge in [0.15, 0.2) is 0 Å². The van der Waals surface area contributed by atoms with Crippen molar-refractivity contribution in [2.45, 2.75) is 66.1 Å². The average Bonchev–Trinajstić information content (AvgIpc) is 3.22. The standard InChI is InChI=1S/C29H36N2O5/c1-6-22(27(32)36-29(3,4)5)21-14-16-31(17-15-21)28(33)34-18-25-19(2)35-26(30-25)24-13-9-11-20-10-7-8-12-23(20)24/h7-13,21-22H,6,14-18H2,1-5H3. The molecule has 192 valence electrons. The van der Waals surface area contributed by atoms with Crippen molar-refractivity contribution in [1.29, 1.82) is 0 Å².